The average Bonchev–Trinajstić information content (AvgIpc) is 2.51. The van der Waals surface area contributed by atoms with Crippen molar-refractivity contribution in [1.29, 1.82) is 0 Å². The maximum Gasteiger partial charge on any atom is 0.329 e. The summed E-state index contributed by atoms with van der Waals surface area (Å²) in [5.74, 6) is -2.68. The first kappa shape index (κ1) is 15.7. The van der Waals surface area contributed by atoms with Gasteiger partial charge in [0.05, 0.1) is 11.9 Å². The van der Waals surface area contributed by atoms with E-state index in [-0.39, 0.29) is 5.69 Å². The van der Waals surface area contributed by atoms with Gasteiger partial charge >= 0.3 is 11.8 Å². The molecule has 0 aliphatic heterocycles. The molecule has 0 aliphatic rings. The molecule has 0 aromatic heterocycles. The van der Waals surface area contributed by atoms with Crippen molar-refractivity contribution in [2.24, 2.45) is 5.10 Å². The molecule has 0 radical (unpaired) electrons. The van der Waals surface area contributed by atoms with Crippen molar-refractivity contribution in [3.63, 3.8) is 0 Å². The number of hydrogen-bond donors (Lipinski definition) is 2. The molecule has 7 heteroatoms. The van der Waals surface area contributed by atoms with E-state index in [4.69, 9.17) is 11.6 Å². The second kappa shape index (κ2) is 7.33. The van der Waals surface area contributed by atoms with E-state index in [2.05, 4.69) is 10.4 Å². The van der Waals surface area contributed by atoms with Gasteiger partial charge < -0.3 is 5.32 Å². The molecule has 2 aromatic rings. The summed E-state index contributed by atoms with van der Waals surface area (Å²) < 4.78 is 13.3. The number of hydrogen-bond acceptors (Lipinski definition) is 3. The minimum Gasteiger partial charge on any atom is -0.315 e. The van der Waals surface area contributed by atoms with Crippen molar-refractivity contribution < 1.29 is 14.0 Å². The van der Waals surface area contributed by atoms with Gasteiger partial charge in [-0.25, -0.2) is 9.82 Å². The number of hydrazone groups is 1. The highest BCUT2D eigenvalue weighted by atomic mass is 35.5. The fourth-order valence-electron chi connectivity index (χ4n) is 1.53. The molecule has 0 aliphatic carbocycles. The van der Waals surface area contributed by atoms with E-state index in [1.807, 2.05) is 5.43 Å². The average molecular weight is 320 g/mol. The lowest BCUT2D eigenvalue weighted by Gasteiger charge is -2.04. The number of nitrogens with zero attached hydrogens (tertiary/aromatic N) is 1. The zero-order valence-corrected chi connectivity index (χ0v) is 12.0. The van der Waals surface area contributed by atoms with Gasteiger partial charge in [0.2, 0.25) is 0 Å². The van der Waals surface area contributed by atoms with Crippen molar-refractivity contribution >= 4 is 35.3 Å². The Balaban J connectivity index is 1.94. The highest BCUT2D eigenvalue weighted by Crippen LogP contribution is 2.12. The van der Waals surface area contributed by atoms with Crippen LogP contribution in [0.1, 0.15) is 5.56 Å². The van der Waals surface area contributed by atoms with E-state index in [1.54, 1.807) is 24.3 Å². The molecule has 0 heterocycles. The van der Waals surface area contributed by atoms with Crippen molar-refractivity contribution in [2.45, 2.75) is 0 Å². The summed E-state index contributed by atoms with van der Waals surface area (Å²) >= 11 is 5.90. The lowest BCUT2D eigenvalue weighted by Crippen LogP contribution is -2.32. The van der Waals surface area contributed by atoms with Crippen LogP contribution in [0.4, 0.5) is 10.1 Å². The first-order valence-electron chi connectivity index (χ1n) is 6.21. The SMILES string of the molecule is O=C(NN=Cc1ccccc1Cl)C(=O)Nc1ccccc1F. The van der Waals surface area contributed by atoms with Gasteiger partial charge in [0.1, 0.15) is 5.82 Å². The van der Waals surface area contributed by atoms with Gasteiger partial charge in [-0.2, -0.15) is 5.10 Å². The zero-order valence-electron chi connectivity index (χ0n) is 11.2. The Morgan fingerprint density at radius 2 is 1.73 bits per heavy atom. The third-order valence-electron chi connectivity index (χ3n) is 2.60. The lowest BCUT2D eigenvalue weighted by atomic mass is 10.2. The van der Waals surface area contributed by atoms with Crippen LogP contribution in [0.5, 0.6) is 0 Å². The molecule has 0 unspecified atom stereocenters. The fourth-order valence-corrected chi connectivity index (χ4v) is 1.72. The number of anilines is 1. The van der Waals surface area contributed by atoms with Crippen molar-refractivity contribution in [3.8, 4) is 0 Å². The Morgan fingerprint density at radius 1 is 1.05 bits per heavy atom. The molecule has 0 bridgehead atoms. The number of nitrogens with one attached hydrogen (secondary N) is 2. The van der Waals surface area contributed by atoms with Crippen LogP contribution in [0.3, 0.4) is 0 Å². The molecular weight excluding hydrogens is 309 g/mol. The van der Waals surface area contributed by atoms with Crippen LogP contribution in [0.25, 0.3) is 0 Å². The van der Waals surface area contributed by atoms with Gasteiger partial charge in [-0.3, -0.25) is 9.59 Å². The van der Waals surface area contributed by atoms with Gasteiger partial charge in [0, 0.05) is 10.6 Å². The zero-order chi connectivity index (χ0) is 15.9. The predicted molar refractivity (Wildman–Crippen MR) is 82.2 cm³/mol. The number of benzene rings is 2. The molecule has 2 aromatic carbocycles. The molecule has 2 amide bonds. The molecular formula is C15H11ClFN3O2. The van der Waals surface area contributed by atoms with Crippen LogP contribution in [0.2, 0.25) is 5.02 Å². The summed E-state index contributed by atoms with van der Waals surface area (Å²) in [6, 6.07) is 12.4. The highest BCUT2D eigenvalue weighted by Gasteiger charge is 2.14. The van der Waals surface area contributed by atoms with E-state index in [9.17, 15) is 14.0 Å². The van der Waals surface area contributed by atoms with Crippen molar-refractivity contribution in [3.05, 3.63) is 64.9 Å². The minimum atomic E-state index is -1.03. The molecule has 0 saturated heterocycles. The Bertz CT molecular complexity index is 734. The third kappa shape index (κ3) is 4.13. The largest absolute Gasteiger partial charge is 0.329 e. The third-order valence-corrected chi connectivity index (χ3v) is 2.95. The molecule has 2 rings (SSSR count). The second-order valence-corrected chi connectivity index (χ2v) is 4.56. The molecule has 0 atom stereocenters. The smallest absolute Gasteiger partial charge is 0.315 e. The van der Waals surface area contributed by atoms with E-state index in [0.29, 0.717) is 10.6 Å². The summed E-state index contributed by atoms with van der Waals surface area (Å²) in [6.07, 6.45) is 1.30. The second-order valence-electron chi connectivity index (χ2n) is 4.15. The topological polar surface area (TPSA) is 70.6 Å². The van der Waals surface area contributed by atoms with Crippen LogP contribution < -0.4 is 10.7 Å². The Labute approximate surface area is 130 Å². The van der Waals surface area contributed by atoms with Crippen LogP contribution >= 0.6 is 11.6 Å². The fraction of sp³-hybridized carbons (Fsp3) is 0. The number of amides is 2. The van der Waals surface area contributed by atoms with Crippen LogP contribution in [-0.2, 0) is 9.59 Å². The molecule has 0 fully saturated rings. The number of carbonyl (C=O) groups excluding carboxylic acids is 2. The van der Waals surface area contributed by atoms with Crippen molar-refractivity contribution in [1.82, 2.24) is 5.43 Å². The van der Waals surface area contributed by atoms with Crippen molar-refractivity contribution in [2.75, 3.05) is 5.32 Å². The number of para-hydroxylation sites is 1. The summed E-state index contributed by atoms with van der Waals surface area (Å²) in [5.41, 5.74) is 2.53. The standard InChI is InChI=1S/C15H11ClFN3O2/c16-11-6-2-1-5-10(11)9-18-20-15(22)14(21)19-13-8-4-3-7-12(13)17/h1-9H,(H,19,21)(H,20,22). The van der Waals surface area contributed by atoms with Gasteiger partial charge in [-0.15, -0.1) is 0 Å². The first-order chi connectivity index (χ1) is 10.6. The quantitative estimate of drug-likeness (QED) is 0.518. The van der Waals surface area contributed by atoms with Gasteiger partial charge in [0.15, 0.2) is 0 Å². The van der Waals surface area contributed by atoms with E-state index >= 15 is 0 Å². The van der Waals surface area contributed by atoms with Crippen LogP contribution in [0, 0.1) is 5.82 Å². The Morgan fingerprint density at radius 3 is 2.45 bits per heavy atom. The summed E-state index contributed by atoms with van der Waals surface area (Å²) in [7, 11) is 0. The molecule has 22 heavy (non-hydrogen) atoms. The molecule has 2 N–H and O–H groups in total. The highest BCUT2D eigenvalue weighted by molar-refractivity contribution is 6.39. The van der Waals surface area contributed by atoms with E-state index in [1.165, 1.54) is 30.5 Å². The molecule has 0 saturated carbocycles. The number of halogens is 2. The van der Waals surface area contributed by atoms with Crippen LogP contribution in [-0.4, -0.2) is 18.0 Å². The predicted octanol–water partition coefficient (Wildman–Crippen LogP) is 2.57. The summed E-state index contributed by atoms with van der Waals surface area (Å²) in [5, 5.41) is 6.22. The normalized spacial score (nSPS) is 10.5. The maximum atomic E-state index is 13.3. The number of carbonyl (C=O) groups is 2. The first-order valence-corrected chi connectivity index (χ1v) is 6.59. The van der Waals surface area contributed by atoms with Gasteiger partial charge in [-0.1, -0.05) is 41.9 Å². The van der Waals surface area contributed by atoms with E-state index in [0.717, 1.165) is 0 Å². The monoisotopic (exact) mass is 319 g/mol. The van der Waals surface area contributed by atoms with Gasteiger partial charge in [-0.05, 0) is 18.2 Å². The van der Waals surface area contributed by atoms with E-state index < -0.39 is 17.6 Å². The van der Waals surface area contributed by atoms with Crippen LogP contribution in [0.15, 0.2) is 53.6 Å². The Hall–Kier alpha value is -2.73. The molecule has 5 nitrogen and oxygen atoms in total. The summed E-state index contributed by atoms with van der Waals surface area (Å²) in [6.45, 7) is 0. The molecule has 112 valence electrons. The molecule has 0 spiro atoms. The van der Waals surface area contributed by atoms with Gasteiger partial charge in [0.25, 0.3) is 0 Å². The summed E-state index contributed by atoms with van der Waals surface area (Å²) in [4.78, 5) is 23.1. The Kier molecular flexibility index (Phi) is 5.21. The minimum absolute atomic E-state index is 0.0854. The maximum absolute atomic E-state index is 13.3. The lowest BCUT2D eigenvalue weighted by molar-refractivity contribution is -0.136. The number of rotatable bonds is 3.